The average Bonchev–Trinajstić information content (AvgIpc) is 2.96. The molecule has 0 aromatic heterocycles. The van der Waals surface area contributed by atoms with Crippen molar-refractivity contribution in [2.75, 3.05) is 57.8 Å². The number of aryl methyl sites for hydroxylation is 1. The van der Waals surface area contributed by atoms with Gasteiger partial charge in [0.15, 0.2) is 0 Å². The molecule has 2 aromatic carbocycles. The number of hydrogen-bond acceptors (Lipinski definition) is 4. The Morgan fingerprint density at radius 1 is 0.867 bits per heavy atom. The highest BCUT2D eigenvalue weighted by atomic mass is 16.5. The van der Waals surface area contributed by atoms with Crippen LogP contribution in [0, 0.1) is 0 Å². The Kier molecular flexibility index (Phi) is 6.90. The second-order valence-electron chi connectivity index (χ2n) is 8.29. The first-order valence-corrected chi connectivity index (χ1v) is 11.2. The smallest absolute Gasteiger partial charge is 0.254 e. The number of carbonyl (C=O) groups is 1. The Morgan fingerprint density at radius 3 is 2.37 bits per heavy atom. The molecule has 0 atom stereocenters. The third-order valence-electron chi connectivity index (χ3n) is 6.37. The van der Waals surface area contributed by atoms with Gasteiger partial charge in [-0.15, -0.1) is 0 Å². The number of benzene rings is 2. The Bertz CT molecular complexity index is 829. The summed E-state index contributed by atoms with van der Waals surface area (Å²) < 4.78 is 5.25. The van der Waals surface area contributed by atoms with Crippen molar-refractivity contribution in [1.82, 2.24) is 9.80 Å². The first-order valence-electron chi connectivity index (χ1n) is 11.2. The van der Waals surface area contributed by atoms with Crippen molar-refractivity contribution in [2.45, 2.75) is 25.7 Å². The first-order chi connectivity index (χ1) is 14.7. The van der Waals surface area contributed by atoms with Crippen LogP contribution in [-0.2, 0) is 6.42 Å². The molecule has 160 valence electrons. The van der Waals surface area contributed by atoms with Gasteiger partial charge < -0.3 is 14.5 Å². The maximum absolute atomic E-state index is 12.8. The van der Waals surface area contributed by atoms with Gasteiger partial charge in [0.05, 0.1) is 7.11 Å². The van der Waals surface area contributed by atoms with Crippen LogP contribution in [0.4, 0.5) is 5.69 Å². The van der Waals surface area contributed by atoms with E-state index in [0.29, 0.717) is 0 Å². The number of ether oxygens (including phenoxy) is 1. The lowest BCUT2D eigenvalue weighted by Crippen LogP contribution is -2.46. The third kappa shape index (κ3) is 4.96. The highest BCUT2D eigenvalue weighted by Crippen LogP contribution is 2.21. The maximum atomic E-state index is 12.8. The molecule has 2 aromatic rings. The van der Waals surface area contributed by atoms with Gasteiger partial charge in [-0.05, 0) is 68.1 Å². The molecular weight excluding hydrogens is 374 g/mol. The van der Waals surface area contributed by atoms with Gasteiger partial charge in [-0.2, -0.15) is 0 Å². The topological polar surface area (TPSA) is 36.0 Å². The van der Waals surface area contributed by atoms with Crippen LogP contribution in [0.2, 0.25) is 0 Å². The van der Waals surface area contributed by atoms with Gasteiger partial charge >= 0.3 is 0 Å². The number of unbranched alkanes of at least 4 members (excludes halogenated alkanes) is 1. The molecule has 1 amide bonds. The fourth-order valence-electron chi connectivity index (χ4n) is 4.55. The van der Waals surface area contributed by atoms with Crippen molar-refractivity contribution < 1.29 is 9.53 Å². The Labute approximate surface area is 180 Å². The number of anilines is 1. The molecule has 5 heteroatoms. The lowest BCUT2D eigenvalue weighted by atomic mass is 10.0. The van der Waals surface area contributed by atoms with Crippen molar-refractivity contribution in [3.63, 3.8) is 0 Å². The van der Waals surface area contributed by atoms with Gasteiger partial charge in [-0.1, -0.05) is 18.2 Å². The highest BCUT2D eigenvalue weighted by molar-refractivity contribution is 5.96. The van der Waals surface area contributed by atoms with Crippen LogP contribution < -0.4 is 9.64 Å². The normalized spacial score (nSPS) is 17.6. The molecule has 2 heterocycles. The van der Waals surface area contributed by atoms with E-state index in [1.807, 2.05) is 30.3 Å². The molecule has 1 fully saturated rings. The minimum absolute atomic E-state index is 0.219. The largest absolute Gasteiger partial charge is 0.497 e. The van der Waals surface area contributed by atoms with Gasteiger partial charge in [0.25, 0.3) is 5.91 Å². The lowest BCUT2D eigenvalue weighted by Gasteiger charge is -2.36. The van der Waals surface area contributed by atoms with E-state index >= 15 is 0 Å². The summed E-state index contributed by atoms with van der Waals surface area (Å²) in [5, 5.41) is 0. The molecular formula is C25H33N3O2. The van der Waals surface area contributed by atoms with Gasteiger partial charge in [0.1, 0.15) is 5.75 Å². The minimum atomic E-state index is 0.219. The van der Waals surface area contributed by atoms with Crippen LogP contribution in [0.1, 0.15) is 35.2 Å². The fourth-order valence-corrected chi connectivity index (χ4v) is 4.55. The van der Waals surface area contributed by atoms with Crippen LogP contribution >= 0.6 is 0 Å². The second kappa shape index (κ2) is 9.98. The summed E-state index contributed by atoms with van der Waals surface area (Å²) in [6, 6.07) is 16.5. The number of rotatable bonds is 7. The molecule has 0 bridgehead atoms. The predicted octanol–water partition coefficient (Wildman–Crippen LogP) is 3.69. The molecule has 0 saturated carbocycles. The van der Waals surface area contributed by atoms with Crippen molar-refractivity contribution in [3.05, 3.63) is 59.7 Å². The Morgan fingerprint density at radius 2 is 1.60 bits per heavy atom. The maximum Gasteiger partial charge on any atom is 0.254 e. The van der Waals surface area contributed by atoms with E-state index in [-0.39, 0.29) is 5.91 Å². The fraction of sp³-hybridized carbons (Fsp3) is 0.480. The summed E-state index contributed by atoms with van der Waals surface area (Å²) in [5.41, 5.74) is 3.39. The minimum Gasteiger partial charge on any atom is -0.497 e. The zero-order chi connectivity index (χ0) is 20.8. The van der Waals surface area contributed by atoms with Gasteiger partial charge in [0.2, 0.25) is 0 Å². The van der Waals surface area contributed by atoms with E-state index in [1.165, 1.54) is 11.3 Å². The number of methoxy groups -OCH3 is 1. The molecule has 30 heavy (non-hydrogen) atoms. The van der Waals surface area contributed by atoms with E-state index in [9.17, 15) is 4.79 Å². The number of nitrogens with zero attached hydrogens (tertiary/aromatic N) is 3. The molecule has 2 aliphatic heterocycles. The zero-order valence-corrected chi connectivity index (χ0v) is 18.1. The summed E-state index contributed by atoms with van der Waals surface area (Å²) in [6.07, 6.45) is 4.30. The van der Waals surface area contributed by atoms with Gasteiger partial charge in [-0.3, -0.25) is 9.69 Å². The molecule has 0 radical (unpaired) electrons. The molecule has 0 aliphatic carbocycles. The van der Waals surface area contributed by atoms with Crippen molar-refractivity contribution in [1.29, 1.82) is 0 Å². The SMILES string of the molecule is COc1ccc(N2CCN(CCCCN3CCCc4ccccc4C3=O)CC2)cc1. The number of piperazine rings is 1. The van der Waals surface area contributed by atoms with Crippen LogP contribution in [0.5, 0.6) is 5.75 Å². The first kappa shape index (κ1) is 20.7. The molecule has 4 rings (SSSR count). The molecule has 5 nitrogen and oxygen atoms in total. The van der Waals surface area contributed by atoms with Crippen molar-refractivity contribution in [3.8, 4) is 5.75 Å². The molecule has 0 N–H and O–H groups in total. The van der Waals surface area contributed by atoms with Crippen LogP contribution in [0.15, 0.2) is 48.5 Å². The van der Waals surface area contributed by atoms with Crippen molar-refractivity contribution in [2.24, 2.45) is 0 Å². The number of fused-ring (bicyclic) bond motifs is 1. The summed E-state index contributed by atoms with van der Waals surface area (Å²) in [6.45, 7) is 7.20. The van der Waals surface area contributed by atoms with E-state index < -0.39 is 0 Å². The standard InChI is InChI=1S/C25H33N3O2/c1-30-23-12-10-22(11-13-23)27-19-17-26(18-20-27)14-4-5-15-28-16-6-8-21-7-2-3-9-24(21)25(28)29/h2-3,7,9-13H,4-6,8,14-20H2,1H3. The van der Waals surface area contributed by atoms with E-state index in [2.05, 4.69) is 32.9 Å². The molecule has 0 unspecified atom stereocenters. The van der Waals surface area contributed by atoms with Gasteiger partial charge in [0, 0.05) is 50.5 Å². The van der Waals surface area contributed by atoms with E-state index in [0.717, 1.165) is 82.8 Å². The predicted molar refractivity (Wildman–Crippen MR) is 122 cm³/mol. The summed E-state index contributed by atoms with van der Waals surface area (Å²) in [7, 11) is 1.70. The monoisotopic (exact) mass is 407 g/mol. The second-order valence-corrected chi connectivity index (χ2v) is 8.29. The number of carbonyl (C=O) groups excluding carboxylic acids is 1. The zero-order valence-electron chi connectivity index (χ0n) is 18.1. The van der Waals surface area contributed by atoms with Crippen molar-refractivity contribution >= 4 is 11.6 Å². The highest BCUT2D eigenvalue weighted by Gasteiger charge is 2.22. The number of hydrogen-bond donors (Lipinski definition) is 0. The third-order valence-corrected chi connectivity index (χ3v) is 6.37. The molecule has 2 aliphatic rings. The van der Waals surface area contributed by atoms with Crippen LogP contribution in [0.3, 0.4) is 0 Å². The van der Waals surface area contributed by atoms with E-state index in [1.54, 1.807) is 7.11 Å². The van der Waals surface area contributed by atoms with Crippen LogP contribution in [-0.4, -0.2) is 68.6 Å². The molecule has 0 spiro atoms. The van der Waals surface area contributed by atoms with Crippen LogP contribution in [0.25, 0.3) is 0 Å². The van der Waals surface area contributed by atoms with E-state index in [4.69, 9.17) is 4.74 Å². The quantitative estimate of drug-likeness (QED) is 0.656. The summed E-state index contributed by atoms with van der Waals surface area (Å²) in [4.78, 5) is 19.9. The Hall–Kier alpha value is -2.53. The Balaban J connectivity index is 1.18. The summed E-state index contributed by atoms with van der Waals surface area (Å²) >= 11 is 0. The average molecular weight is 408 g/mol. The number of amides is 1. The summed E-state index contributed by atoms with van der Waals surface area (Å²) in [5.74, 6) is 1.12. The molecule has 1 saturated heterocycles. The lowest BCUT2D eigenvalue weighted by molar-refractivity contribution is 0.0756. The van der Waals surface area contributed by atoms with Gasteiger partial charge in [-0.25, -0.2) is 0 Å².